The van der Waals surface area contributed by atoms with Crippen molar-refractivity contribution in [2.75, 3.05) is 20.6 Å². The molecule has 3 heteroatoms. The molecule has 0 fully saturated rings. The average molecular weight is 184 g/mol. The number of nitrogens with two attached hydrogens (primary N) is 1. The van der Waals surface area contributed by atoms with Gasteiger partial charge in [-0.3, -0.25) is 4.90 Å². The molecule has 1 aromatic rings. The molecule has 0 unspecified atom stereocenters. The second-order valence-corrected chi connectivity index (χ2v) is 4.30. The van der Waals surface area contributed by atoms with E-state index in [4.69, 9.17) is 5.73 Å². The van der Waals surface area contributed by atoms with Gasteiger partial charge in [0.25, 0.3) is 0 Å². The predicted octanol–water partition coefficient (Wildman–Crippen LogP) is 1.48. The highest BCUT2D eigenvalue weighted by Gasteiger charge is 2.28. The van der Waals surface area contributed by atoms with Crippen molar-refractivity contribution in [3.05, 3.63) is 22.4 Å². The van der Waals surface area contributed by atoms with Crippen LogP contribution in [0.4, 0.5) is 0 Å². The zero-order valence-corrected chi connectivity index (χ0v) is 8.69. The maximum Gasteiger partial charge on any atom is 0.0644 e. The van der Waals surface area contributed by atoms with E-state index in [1.165, 1.54) is 4.88 Å². The lowest BCUT2D eigenvalue weighted by molar-refractivity contribution is 0.187. The van der Waals surface area contributed by atoms with E-state index in [0.717, 1.165) is 0 Å². The zero-order valence-electron chi connectivity index (χ0n) is 7.87. The minimum Gasteiger partial charge on any atom is -0.328 e. The first kappa shape index (κ1) is 9.71. The maximum absolute atomic E-state index is 5.76. The minimum absolute atomic E-state index is 0.00579. The van der Waals surface area contributed by atoms with Crippen molar-refractivity contribution in [3.8, 4) is 0 Å². The smallest absolute Gasteiger partial charge is 0.0644 e. The topological polar surface area (TPSA) is 29.3 Å². The summed E-state index contributed by atoms with van der Waals surface area (Å²) in [6.45, 7) is 2.82. The van der Waals surface area contributed by atoms with Gasteiger partial charge in [-0.15, -0.1) is 11.3 Å². The minimum atomic E-state index is -0.00579. The molecular weight excluding hydrogens is 168 g/mol. The highest BCUT2D eigenvalue weighted by atomic mass is 32.1. The summed E-state index contributed by atoms with van der Waals surface area (Å²) < 4.78 is 0. The number of rotatable bonds is 3. The first-order valence-corrected chi connectivity index (χ1v) is 4.90. The van der Waals surface area contributed by atoms with Crippen LogP contribution in [0.3, 0.4) is 0 Å². The number of nitrogens with zero attached hydrogens (tertiary/aromatic N) is 1. The molecule has 0 radical (unpaired) electrons. The van der Waals surface area contributed by atoms with Crippen LogP contribution in [0.25, 0.3) is 0 Å². The summed E-state index contributed by atoms with van der Waals surface area (Å²) in [5.41, 5.74) is 5.76. The predicted molar refractivity (Wildman–Crippen MR) is 54.4 cm³/mol. The van der Waals surface area contributed by atoms with Crippen LogP contribution in [0, 0.1) is 0 Å². The van der Waals surface area contributed by atoms with E-state index < -0.39 is 0 Å². The molecule has 0 saturated heterocycles. The molecular formula is C9H16N2S. The molecule has 0 spiro atoms. The maximum atomic E-state index is 5.76. The number of thiophene rings is 1. The van der Waals surface area contributed by atoms with E-state index in [0.29, 0.717) is 6.54 Å². The molecule has 1 atom stereocenters. The van der Waals surface area contributed by atoms with Crippen molar-refractivity contribution in [1.82, 2.24) is 4.90 Å². The lowest BCUT2D eigenvalue weighted by atomic mass is 9.99. The van der Waals surface area contributed by atoms with Crippen LogP contribution in [0.5, 0.6) is 0 Å². The largest absolute Gasteiger partial charge is 0.328 e. The van der Waals surface area contributed by atoms with E-state index >= 15 is 0 Å². The Bertz CT molecular complexity index is 231. The Morgan fingerprint density at radius 1 is 1.58 bits per heavy atom. The highest BCUT2D eigenvalue weighted by Crippen LogP contribution is 2.28. The standard InChI is InChI=1S/C9H16N2S/c1-9(7-10,11(2)3)8-5-4-6-12-8/h4-6H,7,10H2,1-3H3/t9-/m1/s1. The Balaban J connectivity index is 2.96. The summed E-state index contributed by atoms with van der Waals surface area (Å²) in [6.07, 6.45) is 0. The van der Waals surface area contributed by atoms with E-state index in [1.54, 1.807) is 11.3 Å². The SMILES string of the molecule is CN(C)[C@](C)(CN)c1cccs1. The zero-order chi connectivity index (χ0) is 9.19. The number of hydrogen-bond donors (Lipinski definition) is 1. The first-order chi connectivity index (χ1) is 5.61. The van der Waals surface area contributed by atoms with Gasteiger partial charge in [0.05, 0.1) is 5.54 Å². The Morgan fingerprint density at radius 3 is 2.58 bits per heavy atom. The molecule has 0 amide bonds. The molecule has 0 saturated carbocycles. The third kappa shape index (κ3) is 1.53. The normalized spacial score (nSPS) is 16.4. The lowest BCUT2D eigenvalue weighted by Crippen LogP contribution is -2.44. The fourth-order valence-corrected chi connectivity index (χ4v) is 2.07. The van der Waals surface area contributed by atoms with Crippen LogP contribution in [-0.2, 0) is 5.54 Å². The van der Waals surface area contributed by atoms with Crippen molar-refractivity contribution >= 4 is 11.3 Å². The molecule has 68 valence electrons. The Morgan fingerprint density at radius 2 is 2.25 bits per heavy atom. The summed E-state index contributed by atoms with van der Waals surface area (Å²) in [6, 6.07) is 4.20. The molecule has 12 heavy (non-hydrogen) atoms. The van der Waals surface area contributed by atoms with E-state index in [9.17, 15) is 0 Å². The summed E-state index contributed by atoms with van der Waals surface area (Å²) in [5.74, 6) is 0. The summed E-state index contributed by atoms with van der Waals surface area (Å²) in [5, 5.41) is 2.09. The van der Waals surface area contributed by atoms with Crippen molar-refractivity contribution in [3.63, 3.8) is 0 Å². The molecule has 1 aromatic heterocycles. The summed E-state index contributed by atoms with van der Waals surface area (Å²) >= 11 is 1.76. The molecule has 0 bridgehead atoms. The Labute approximate surface area is 78.0 Å². The van der Waals surface area contributed by atoms with Gasteiger partial charge in [0.2, 0.25) is 0 Å². The van der Waals surface area contributed by atoms with Gasteiger partial charge >= 0.3 is 0 Å². The van der Waals surface area contributed by atoms with Gasteiger partial charge in [-0.05, 0) is 32.5 Å². The molecule has 1 rings (SSSR count). The van der Waals surface area contributed by atoms with Gasteiger partial charge in [0, 0.05) is 11.4 Å². The quantitative estimate of drug-likeness (QED) is 0.771. The fourth-order valence-electron chi connectivity index (χ4n) is 1.09. The molecule has 1 heterocycles. The van der Waals surface area contributed by atoms with Crippen LogP contribution in [0.1, 0.15) is 11.8 Å². The third-order valence-electron chi connectivity index (χ3n) is 2.44. The number of likely N-dealkylation sites (N-methyl/N-ethyl adjacent to an activating group) is 1. The van der Waals surface area contributed by atoms with Crippen molar-refractivity contribution in [2.45, 2.75) is 12.5 Å². The van der Waals surface area contributed by atoms with Gasteiger partial charge < -0.3 is 5.73 Å². The van der Waals surface area contributed by atoms with Crippen LogP contribution in [-0.4, -0.2) is 25.5 Å². The summed E-state index contributed by atoms with van der Waals surface area (Å²) in [7, 11) is 4.12. The van der Waals surface area contributed by atoms with Gasteiger partial charge in [-0.25, -0.2) is 0 Å². The second kappa shape index (κ2) is 3.56. The van der Waals surface area contributed by atoms with E-state index in [2.05, 4.69) is 43.4 Å². The van der Waals surface area contributed by atoms with Gasteiger partial charge in [-0.1, -0.05) is 6.07 Å². The van der Waals surface area contributed by atoms with Gasteiger partial charge in [0.15, 0.2) is 0 Å². The van der Waals surface area contributed by atoms with E-state index in [1.807, 2.05) is 0 Å². The third-order valence-corrected chi connectivity index (χ3v) is 3.56. The molecule has 0 aliphatic carbocycles. The van der Waals surface area contributed by atoms with Crippen molar-refractivity contribution in [2.24, 2.45) is 5.73 Å². The van der Waals surface area contributed by atoms with Crippen LogP contribution in [0.2, 0.25) is 0 Å². The Kier molecular flexibility index (Phi) is 2.88. The Hall–Kier alpha value is -0.380. The average Bonchev–Trinajstić information content (AvgIpc) is 2.54. The van der Waals surface area contributed by atoms with Crippen LogP contribution >= 0.6 is 11.3 Å². The second-order valence-electron chi connectivity index (χ2n) is 3.35. The van der Waals surface area contributed by atoms with Gasteiger partial charge in [-0.2, -0.15) is 0 Å². The van der Waals surface area contributed by atoms with Crippen LogP contribution in [0.15, 0.2) is 17.5 Å². The van der Waals surface area contributed by atoms with Crippen molar-refractivity contribution in [1.29, 1.82) is 0 Å². The highest BCUT2D eigenvalue weighted by molar-refractivity contribution is 7.10. The van der Waals surface area contributed by atoms with Gasteiger partial charge in [0.1, 0.15) is 0 Å². The molecule has 0 aliphatic heterocycles. The summed E-state index contributed by atoms with van der Waals surface area (Å²) in [4.78, 5) is 3.49. The first-order valence-electron chi connectivity index (χ1n) is 4.03. The number of hydrogen-bond acceptors (Lipinski definition) is 3. The molecule has 2 N–H and O–H groups in total. The molecule has 2 nitrogen and oxygen atoms in total. The fraction of sp³-hybridized carbons (Fsp3) is 0.556. The van der Waals surface area contributed by atoms with E-state index in [-0.39, 0.29) is 5.54 Å². The molecule has 0 aliphatic rings. The monoisotopic (exact) mass is 184 g/mol. The van der Waals surface area contributed by atoms with Crippen LogP contribution < -0.4 is 5.73 Å². The molecule has 0 aromatic carbocycles. The van der Waals surface area contributed by atoms with Crippen molar-refractivity contribution < 1.29 is 0 Å². The lowest BCUT2D eigenvalue weighted by Gasteiger charge is -2.34.